The molecule has 0 bridgehead atoms. The second kappa shape index (κ2) is 8.50. The molecule has 0 aliphatic heterocycles. The highest BCUT2D eigenvalue weighted by Gasteiger charge is 2.20. The van der Waals surface area contributed by atoms with Gasteiger partial charge in [-0.25, -0.2) is 9.78 Å². The summed E-state index contributed by atoms with van der Waals surface area (Å²) in [6.07, 6.45) is 0. The smallest absolute Gasteiger partial charge is 0.348 e. The van der Waals surface area contributed by atoms with Gasteiger partial charge in [0.2, 0.25) is 5.91 Å². The molecule has 1 aromatic carbocycles. The topological polar surface area (TPSA) is 103 Å². The summed E-state index contributed by atoms with van der Waals surface area (Å²) in [6.45, 7) is 5.33. The summed E-state index contributed by atoms with van der Waals surface area (Å²) < 4.78 is 5.19. The lowest BCUT2D eigenvalue weighted by Crippen LogP contribution is -2.22. The number of carbonyl (C=O) groups is 2. The lowest BCUT2D eigenvalue weighted by atomic mass is 10.1. The van der Waals surface area contributed by atoms with Crippen LogP contribution in [0.25, 0.3) is 0 Å². The van der Waals surface area contributed by atoms with E-state index in [1.54, 1.807) is 5.38 Å². The zero-order valence-electron chi connectivity index (χ0n) is 15.9. The number of amides is 1. The van der Waals surface area contributed by atoms with Crippen molar-refractivity contribution in [2.45, 2.75) is 27.4 Å². The fourth-order valence-electron chi connectivity index (χ4n) is 2.50. The second-order valence-corrected chi connectivity index (χ2v) is 8.11. The molecule has 0 saturated carbocycles. The molecule has 0 saturated heterocycles. The van der Waals surface area contributed by atoms with Crippen molar-refractivity contribution in [1.29, 1.82) is 0 Å². The predicted octanol–water partition coefficient (Wildman–Crippen LogP) is 4.77. The van der Waals surface area contributed by atoms with Gasteiger partial charge in [0.05, 0.1) is 16.3 Å². The number of esters is 1. The molecule has 3 aromatic rings. The molecule has 0 atom stereocenters. The number of carbonyl (C=O) groups excluding carboxylic acids is 2. The summed E-state index contributed by atoms with van der Waals surface area (Å²) in [7, 11) is 0. The van der Waals surface area contributed by atoms with E-state index >= 15 is 0 Å². The molecule has 3 rings (SSSR count). The molecule has 1 amide bonds. The average molecular weight is 431 g/mol. The second-order valence-electron chi connectivity index (χ2n) is 6.22. The largest absolute Gasteiger partial charge is 0.455 e. The van der Waals surface area contributed by atoms with Gasteiger partial charge in [0, 0.05) is 18.4 Å². The molecule has 8 nitrogen and oxygen atoms in total. The molecule has 150 valence electrons. The van der Waals surface area contributed by atoms with Gasteiger partial charge in [-0.1, -0.05) is 17.4 Å². The van der Waals surface area contributed by atoms with E-state index in [9.17, 15) is 19.7 Å². The Balaban J connectivity index is 1.72. The van der Waals surface area contributed by atoms with Gasteiger partial charge in [0.25, 0.3) is 0 Å². The molecule has 0 fully saturated rings. The number of aromatic nitrogens is 1. The summed E-state index contributed by atoms with van der Waals surface area (Å²) in [5.74, 6) is -0.840. The number of hydrogen-bond donors (Lipinski definition) is 0. The average Bonchev–Trinajstić information content (AvgIpc) is 3.32. The maximum Gasteiger partial charge on any atom is 0.348 e. The Bertz CT molecular complexity index is 1090. The Morgan fingerprint density at radius 1 is 1.21 bits per heavy atom. The number of hydrogen-bond acceptors (Lipinski definition) is 8. The number of aryl methyl sites for hydroxylation is 2. The Morgan fingerprint density at radius 2 is 1.97 bits per heavy atom. The Labute approximate surface area is 174 Å². The van der Waals surface area contributed by atoms with Crippen molar-refractivity contribution in [2.75, 3.05) is 4.90 Å². The molecular weight excluding hydrogens is 414 g/mol. The van der Waals surface area contributed by atoms with Gasteiger partial charge >= 0.3 is 11.0 Å². The number of nitro groups is 1. The van der Waals surface area contributed by atoms with Crippen LogP contribution in [0.3, 0.4) is 0 Å². The number of thiazole rings is 1. The molecule has 0 N–H and O–H groups in total. The van der Waals surface area contributed by atoms with Crippen molar-refractivity contribution < 1.29 is 19.2 Å². The van der Waals surface area contributed by atoms with E-state index < -0.39 is 10.9 Å². The van der Waals surface area contributed by atoms with Crippen LogP contribution in [0.2, 0.25) is 0 Å². The molecule has 0 aliphatic carbocycles. The highest BCUT2D eigenvalue weighted by Crippen LogP contribution is 2.31. The first-order valence-corrected chi connectivity index (χ1v) is 10.2. The highest BCUT2D eigenvalue weighted by atomic mass is 32.1. The van der Waals surface area contributed by atoms with Gasteiger partial charge in [-0.05, 0) is 43.2 Å². The quantitative estimate of drug-likeness (QED) is 0.316. The molecule has 29 heavy (non-hydrogen) atoms. The third-order valence-electron chi connectivity index (χ3n) is 4.12. The first-order chi connectivity index (χ1) is 13.8. The number of anilines is 2. The fraction of sp³-hybridized carbons (Fsp3) is 0.211. The van der Waals surface area contributed by atoms with Crippen LogP contribution in [-0.4, -0.2) is 21.8 Å². The molecular formula is C19H17N3O5S2. The molecule has 0 unspecified atom stereocenters. The van der Waals surface area contributed by atoms with Crippen molar-refractivity contribution in [2.24, 2.45) is 0 Å². The minimum Gasteiger partial charge on any atom is -0.455 e. The molecule has 0 spiro atoms. The van der Waals surface area contributed by atoms with Crippen LogP contribution in [0.1, 0.15) is 33.4 Å². The fourth-order valence-corrected chi connectivity index (χ4v) is 4.09. The monoisotopic (exact) mass is 431 g/mol. The van der Waals surface area contributed by atoms with Crippen molar-refractivity contribution in [1.82, 2.24) is 4.98 Å². The van der Waals surface area contributed by atoms with Gasteiger partial charge < -0.3 is 4.74 Å². The number of rotatable bonds is 6. The maximum atomic E-state index is 12.2. The number of thiophene rings is 1. The number of nitrogens with zero attached hydrogens (tertiary/aromatic N) is 3. The summed E-state index contributed by atoms with van der Waals surface area (Å²) in [5.41, 5.74) is 3.38. The van der Waals surface area contributed by atoms with Crippen molar-refractivity contribution in [3.63, 3.8) is 0 Å². The van der Waals surface area contributed by atoms with Crippen molar-refractivity contribution >= 4 is 50.4 Å². The van der Waals surface area contributed by atoms with Crippen LogP contribution < -0.4 is 4.90 Å². The van der Waals surface area contributed by atoms with E-state index in [2.05, 4.69) is 4.98 Å². The van der Waals surface area contributed by atoms with E-state index in [4.69, 9.17) is 4.74 Å². The lowest BCUT2D eigenvalue weighted by molar-refractivity contribution is -0.380. The van der Waals surface area contributed by atoms with Gasteiger partial charge in [-0.2, -0.15) is 0 Å². The van der Waals surface area contributed by atoms with Crippen molar-refractivity contribution in [3.05, 3.63) is 67.5 Å². The van der Waals surface area contributed by atoms with E-state index in [0.717, 1.165) is 22.5 Å². The zero-order chi connectivity index (χ0) is 21.1. The predicted molar refractivity (Wildman–Crippen MR) is 111 cm³/mol. The van der Waals surface area contributed by atoms with Crippen LogP contribution in [-0.2, 0) is 16.1 Å². The number of benzene rings is 1. The third kappa shape index (κ3) is 4.66. The molecule has 2 heterocycles. The van der Waals surface area contributed by atoms with Gasteiger partial charge in [0.15, 0.2) is 5.13 Å². The maximum absolute atomic E-state index is 12.2. The van der Waals surface area contributed by atoms with Crippen LogP contribution in [0.4, 0.5) is 15.8 Å². The SMILES string of the molecule is CC(=O)N(c1ccc(C)c(C)c1)c1nc(COC(=O)c2ccc([N+](=O)[O-])s2)cs1. The first-order valence-electron chi connectivity index (χ1n) is 8.50. The third-order valence-corrected chi connectivity index (χ3v) is 6.01. The van der Waals surface area contributed by atoms with Gasteiger partial charge in [-0.15, -0.1) is 11.3 Å². The van der Waals surface area contributed by atoms with E-state index in [-0.39, 0.29) is 22.4 Å². The van der Waals surface area contributed by atoms with E-state index in [1.165, 1.54) is 35.3 Å². The highest BCUT2D eigenvalue weighted by molar-refractivity contribution is 7.17. The Morgan fingerprint density at radius 3 is 2.59 bits per heavy atom. The van der Waals surface area contributed by atoms with Crippen LogP contribution in [0, 0.1) is 24.0 Å². The molecule has 2 aromatic heterocycles. The lowest BCUT2D eigenvalue weighted by Gasteiger charge is -2.19. The van der Waals surface area contributed by atoms with E-state index in [1.807, 2.05) is 32.0 Å². The first kappa shape index (κ1) is 20.6. The Hall–Kier alpha value is -3.11. The van der Waals surface area contributed by atoms with E-state index in [0.29, 0.717) is 16.5 Å². The van der Waals surface area contributed by atoms with Gasteiger partial charge in [-0.3, -0.25) is 19.8 Å². The summed E-state index contributed by atoms with van der Waals surface area (Å²) in [4.78, 5) is 40.5. The number of ether oxygens (including phenoxy) is 1. The minimum absolute atomic E-state index is 0.0975. The molecule has 0 aliphatic rings. The summed E-state index contributed by atoms with van der Waals surface area (Å²) >= 11 is 2.02. The summed E-state index contributed by atoms with van der Waals surface area (Å²) in [6, 6.07) is 8.33. The summed E-state index contributed by atoms with van der Waals surface area (Å²) in [5, 5.41) is 12.8. The standard InChI is InChI=1S/C19H17N3O5S2/c1-11-4-5-15(8-12(11)2)21(13(3)23)19-20-14(10-28-19)9-27-18(24)16-6-7-17(29-16)22(25)26/h4-8,10H,9H2,1-3H3. The minimum atomic E-state index is -0.657. The zero-order valence-corrected chi connectivity index (χ0v) is 17.5. The van der Waals surface area contributed by atoms with Crippen LogP contribution in [0.5, 0.6) is 0 Å². The Kier molecular flexibility index (Phi) is 6.04. The van der Waals surface area contributed by atoms with Crippen LogP contribution >= 0.6 is 22.7 Å². The van der Waals surface area contributed by atoms with Crippen molar-refractivity contribution in [3.8, 4) is 0 Å². The van der Waals surface area contributed by atoms with Crippen LogP contribution in [0.15, 0.2) is 35.7 Å². The molecule has 0 radical (unpaired) electrons. The van der Waals surface area contributed by atoms with Gasteiger partial charge in [0.1, 0.15) is 11.5 Å². The molecule has 10 heteroatoms. The normalized spacial score (nSPS) is 10.6.